The van der Waals surface area contributed by atoms with Crippen molar-refractivity contribution in [2.24, 2.45) is 0 Å². The number of carbonyl (C=O) groups is 2. The molecule has 2 aromatic rings. The van der Waals surface area contributed by atoms with Gasteiger partial charge in [0, 0.05) is 6.07 Å². The van der Waals surface area contributed by atoms with Crippen LogP contribution in [0.15, 0.2) is 42.5 Å². The van der Waals surface area contributed by atoms with Gasteiger partial charge in [-0.15, -0.1) is 0 Å². The van der Waals surface area contributed by atoms with Crippen LogP contribution in [0.5, 0.6) is 5.75 Å². The number of hydrogen-bond acceptors (Lipinski definition) is 3. The Morgan fingerprint density at radius 3 is 2.10 bits per heavy atom. The molecule has 5 heteroatoms. The van der Waals surface area contributed by atoms with Gasteiger partial charge in [-0.3, -0.25) is 9.59 Å². The molecule has 100 valence electrons. The number of hydrogen-bond donors (Lipinski definition) is 0. The van der Waals surface area contributed by atoms with Crippen LogP contribution in [-0.4, -0.2) is 18.9 Å². The zero-order valence-corrected chi connectivity index (χ0v) is 10.6. The smallest absolute Gasteiger partial charge is 0.266 e. The standard InChI is InChI=1S/C15H10FNO3/c1-20-9-6-7-13(12(16)8-9)17-14(18)10-4-2-3-5-11(10)15(17)19/h2-8H,1H3. The van der Waals surface area contributed by atoms with Crippen molar-refractivity contribution in [1.29, 1.82) is 0 Å². The zero-order chi connectivity index (χ0) is 14.3. The molecule has 1 aliphatic rings. The van der Waals surface area contributed by atoms with Gasteiger partial charge in [0.1, 0.15) is 5.75 Å². The predicted molar refractivity (Wildman–Crippen MR) is 70.5 cm³/mol. The van der Waals surface area contributed by atoms with Gasteiger partial charge in [0.15, 0.2) is 5.82 Å². The van der Waals surface area contributed by atoms with Crippen molar-refractivity contribution in [3.05, 3.63) is 59.4 Å². The molecule has 0 unspecified atom stereocenters. The normalized spacial score (nSPS) is 13.6. The van der Waals surface area contributed by atoms with Gasteiger partial charge in [0.05, 0.1) is 23.9 Å². The van der Waals surface area contributed by atoms with E-state index in [9.17, 15) is 14.0 Å². The summed E-state index contributed by atoms with van der Waals surface area (Å²) in [5, 5.41) is 0. The summed E-state index contributed by atoms with van der Waals surface area (Å²) in [5.74, 6) is -1.40. The Bertz CT molecular complexity index is 692. The third-order valence-electron chi connectivity index (χ3n) is 3.19. The van der Waals surface area contributed by atoms with Crippen molar-refractivity contribution in [3.63, 3.8) is 0 Å². The summed E-state index contributed by atoms with van der Waals surface area (Å²) in [6.07, 6.45) is 0. The summed E-state index contributed by atoms with van der Waals surface area (Å²) in [7, 11) is 1.41. The Hall–Kier alpha value is -2.69. The number of halogens is 1. The number of carbonyl (C=O) groups excluding carboxylic acids is 2. The third-order valence-corrected chi connectivity index (χ3v) is 3.19. The summed E-state index contributed by atoms with van der Waals surface area (Å²) in [4.78, 5) is 25.3. The van der Waals surface area contributed by atoms with E-state index in [1.165, 1.54) is 19.2 Å². The second kappa shape index (κ2) is 4.45. The molecule has 0 bridgehead atoms. The number of amides is 2. The van der Waals surface area contributed by atoms with Gasteiger partial charge in [-0.25, -0.2) is 9.29 Å². The van der Waals surface area contributed by atoms with E-state index < -0.39 is 17.6 Å². The van der Waals surface area contributed by atoms with Crippen LogP contribution in [-0.2, 0) is 0 Å². The molecule has 0 saturated carbocycles. The number of benzene rings is 2. The largest absolute Gasteiger partial charge is 0.497 e. The van der Waals surface area contributed by atoms with E-state index >= 15 is 0 Å². The number of ether oxygens (including phenoxy) is 1. The number of rotatable bonds is 2. The van der Waals surface area contributed by atoms with E-state index in [1.54, 1.807) is 24.3 Å². The minimum atomic E-state index is -0.682. The summed E-state index contributed by atoms with van der Waals surface area (Å²) in [6.45, 7) is 0. The molecule has 0 fully saturated rings. The number of anilines is 1. The highest BCUT2D eigenvalue weighted by atomic mass is 19.1. The molecular weight excluding hydrogens is 261 g/mol. The van der Waals surface area contributed by atoms with Crippen molar-refractivity contribution in [2.75, 3.05) is 12.0 Å². The second-order valence-corrected chi connectivity index (χ2v) is 4.31. The molecule has 0 radical (unpaired) electrons. The zero-order valence-electron chi connectivity index (χ0n) is 10.6. The van der Waals surface area contributed by atoms with Gasteiger partial charge in [0.2, 0.25) is 0 Å². The average molecular weight is 271 g/mol. The van der Waals surface area contributed by atoms with Crippen molar-refractivity contribution < 1.29 is 18.7 Å². The maximum Gasteiger partial charge on any atom is 0.266 e. The van der Waals surface area contributed by atoms with Crippen molar-refractivity contribution in [1.82, 2.24) is 0 Å². The van der Waals surface area contributed by atoms with E-state index in [2.05, 4.69) is 0 Å². The summed E-state index contributed by atoms with van der Waals surface area (Å²) in [6, 6.07) is 10.4. The van der Waals surface area contributed by atoms with Crippen LogP contribution < -0.4 is 9.64 Å². The fourth-order valence-corrected chi connectivity index (χ4v) is 2.20. The fraction of sp³-hybridized carbons (Fsp3) is 0.0667. The van der Waals surface area contributed by atoms with Gasteiger partial charge in [-0.05, 0) is 24.3 Å². The maximum absolute atomic E-state index is 14.0. The Balaban J connectivity index is 2.09. The molecule has 0 N–H and O–H groups in total. The van der Waals surface area contributed by atoms with E-state index in [0.717, 1.165) is 11.0 Å². The highest BCUT2D eigenvalue weighted by Gasteiger charge is 2.37. The molecule has 0 saturated heterocycles. The number of imide groups is 1. The molecule has 3 rings (SSSR count). The molecular formula is C15H10FNO3. The highest BCUT2D eigenvalue weighted by molar-refractivity contribution is 6.34. The minimum absolute atomic E-state index is 0.0722. The minimum Gasteiger partial charge on any atom is -0.497 e. The van der Waals surface area contributed by atoms with E-state index in [0.29, 0.717) is 5.75 Å². The van der Waals surface area contributed by atoms with E-state index in [4.69, 9.17) is 4.74 Å². The molecule has 20 heavy (non-hydrogen) atoms. The Kier molecular flexibility index (Phi) is 2.75. The van der Waals surface area contributed by atoms with Crippen LogP contribution in [0.1, 0.15) is 20.7 Å². The lowest BCUT2D eigenvalue weighted by molar-refractivity contribution is 0.0925. The number of fused-ring (bicyclic) bond motifs is 1. The van der Waals surface area contributed by atoms with Crippen molar-refractivity contribution in [2.45, 2.75) is 0 Å². The molecule has 0 spiro atoms. The molecule has 0 aromatic heterocycles. The van der Waals surface area contributed by atoms with Gasteiger partial charge < -0.3 is 4.74 Å². The average Bonchev–Trinajstić information content (AvgIpc) is 2.72. The lowest BCUT2D eigenvalue weighted by Gasteiger charge is -2.15. The van der Waals surface area contributed by atoms with Crippen LogP contribution in [0.3, 0.4) is 0 Å². The molecule has 2 amide bonds. The van der Waals surface area contributed by atoms with Crippen molar-refractivity contribution in [3.8, 4) is 5.75 Å². The molecule has 4 nitrogen and oxygen atoms in total. The second-order valence-electron chi connectivity index (χ2n) is 4.31. The Labute approximate surface area is 114 Å². The first-order valence-electron chi connectivity index (χ1n) is 5.95. The highest BCUT2D eigenvalue weighted by Crippen LogP contribution is 2.31. The first-order chi connectivity index (χ1) is 9.63. The fourth-order valence-electron chi connectivity index (χ4n) is 2.20. The first-order valence-corrected chi connectivity index (χ1v) is 5.95. The molecule has 1 aliphatic heterocycles. The SMILES string of the molecule is COc1ccc(N2C(=O)c3ccccc3C2=O)c(F)c1. The lowest BCUT2D eigenvalue weighted by Crippen LogP contribution is -2.30. The quantitative estimate of drug-likeness (QED) is 0.789. The molecule has 0 aliphatic carbocycles. The van der Waals surface area contributed by atoms with E-state index in [1.807, 2.05) is 0 Å². The Morgan fingerprint density at radius 1 is 1.00 bits per heavy atom. The molecule has 2 aromatic carbocycles. The topological polar surface area (TPSA) is 46.6 Å². The summed E-state index contributed by atoms with van der Waals surface area (Å²) >= 11 is 0. The first kappa shape index (κ1) is 12.3. The number of methoxy groups -OCH3 is 1. The third kappa shape index (κ3) is 1.67. The Morgan fingerprint density at radius 2 is 1.60 bits per heavy atom. The summed E-state index contributed by atoms with van der Waals surface area (Å²) < 4.78 is 18.9. The van der Waals surface area contributed by atoms with Crippen LogP contribution in [0.2, 0.25) is 0 Å². The lowest BCUT2D eigenvalue weighted by atomic mass is 10.1. The van der Waals surface area contributed by atoms with Crippen LogP contribution in [0.4, 0.5) is 10.1 Å². The van der Waals surface area contributed by atoms with Gasteiger partial charge in [0.25, 0.3) is 11.8 Å². The van der Waals surface area contributed by atoms with Gasteiger partial charge >= 0.3 is 0 Å². The van der Waals surface area contributed by atoms with Crippen LogP contribution in [0.25, 0.3) is 0 Å². The maximum atomic E-state index is 14.0. The monoisotopic (exact) mass is 271 g/mol. The number of nitrogens with zero attached hydrogens (tertiary/aromatic N) is 1. The predicted octanol–water partition coefficient (Wildman–Crippen LogP) is 2.63. The molecule has 0 atom stereocenters. The van der Waals surface area contributed by atoms with Gasteiger partial charge in [-0.1, -0.05) is 12.1 Å². The van der Waals surface area contributed by atoms with Crippen LogP contribution in [0, 0.1) is 5.82 Å². The van der Waals surface area contributed by atoms with Crippen LogP contribution >= 0.6 is 0 Å². The molecule has 1 heterocycles. The summed E-state index contributed by atoms with van der Waals surface area (Å²) in [5.41, 5.74) is 0.498. The van der Waals surface area contributed by atoms with Crippen molar-refractivity contribution >= 4 is 17.5 Å². The van der Waals surface area contributed by atoms with E-state index in [-0.39, 0.29) is 16.8 Å². The van der Waals surface area contributed by atoms with Gasteiger partial charge in [-0.2, -0.15) is 0 Å².